The van der Waals surface area contributed by atoms with E-state index in [-0.39, 0.29) is 11.7 Å². The van der Waals surface area contributed by atoms with Crippen LogP contribution in [0.2, 0.25) is 0 Å². The lowest BCUT2D eigenvalue weighted by atomic mass is 10.1. The van der Waals surface area contributed by atoms with Gasteiger partial charge in [0.25, 0.3) is 0 Å². The van der Waals surface area contributed by atoms with E-state index in [1.165, 1.54) is 11.6 Å². The number of thioether (sulfide) groups is 1. The molecular weight excluding hydrogens is 375 g/mol. The number of benzene rings is 2. The number of rotatable bonds is 9. The molecule has 0 saturated heterocycles. The van der Waals surface area contributed by atoms with Crippen LogP contribution >= 0.6 is 11.8 Å². The molecule has 1 aromatic heterocycles. The van der Waals surface area contributed by atoms with Crippen molar-refractivity contribution in [1.82, 2.24) is 10.3 Å². The Morgan fingerprint density at radius 3 is 2.75 bits per heavy atom. The highest BCUT2D eigenvalue weighted by Crippen LogP contribution is 2.21. The zero-order valence-electron chi connectivity index (χ0n) is 15.8. The van der Waals surface area contributed by atoms with E-state index >= 15 is 0 Å². The molecule has 0 aliphatic rings. The van der Waals surface area contributed by atoms with E-state index < -0.39 is 0 Å². The number of aryl methyl sites for hydroxylation is 2. The Bertz CT molecular complexity index is 909. The number of carbonyl (C=O) groups is 1. The van der Waals surface area contributed by atoms with Crippen LogP contribution < -0.4 is 5.32 Å². The highest BCUT2D eigenvalue weighted by molar-refractivity contribution is 7.98. The van der Waals surface area contributed by atoms with E-state index in [0.717, 1.165) is 11.3 Å². The first-order valence-corrected chi connectivity index (χ1v) is 10.4. The lowest BCUT2D eigenvalue weighted by Crippen LogP contribution is -2.26. The van der Waals surface area contributed by atoms with Gasteiger partial charge < -0.3 is 9.73 Å². The van der Waals surface area contributed by atoms with Crippen LogP contribution in [-0.4, -0.2) is 23.2 Å². The van der Waals surface area contributed by atoms with Gasteiger partial charge in [-0.3, -0.25) is 4.79 Å². The van der Waals surface area contributed by atoms with Gasteiger partial charge in [0.2, 0.25) is 5.91 Å². The average molecular weight is 399 g/mol. The van der Waals surface area contributed by atoms with Crippen molar-refractivity contribution in [3.8, 4) is 11.3 Å². The monoisotopic (exact) mass is 398 g/mol. The lowest BCUT2D eigenvalue weighted by molar-refractivity contribution is -0.121. The Kier molecular flexibility index (Phi) is 7.25. The third-order valence-corrected chi connectivity index (χ3v) is 5.25. The summed E-state index contributed by atoms with van der Waals surface area (Å²) in [4.78, 5) is 16.2. The maximum atomic E-state index is 13.5. The van der Waals surface area contributed by atoms with Crippen LogP contribution in [0, 0.1) is 12.7 Å². The molecule has 0 unspecified atom stereocenters. The van der Waals surface area contributed by atoms with Gasteiger partial charge in [-0.15, -0.1) is 0 Å². The molecular formula is C22H23FN2O2S. The van der Waals surface area contributed by atoms with Crippen LogP contribution in [0.1, 0.15) is 23.4 Å². The van der Waals surface area contributed by atoms with Crippen LogP contribution in [0.25, 0.3) is 11.3 Å². The first kappa shape index (κ1) is 20.1. The Labute approximate surface area is 168 Å². The predicted molar refractivity (Wildman–Crippen MR) is 111 cm³/mol. The summed E-state index contributed by atoms with van der Waals surface area (Å²) in [7, 11) is 0. The molecule has 2 aromatic carbocycles. The zero-order valence-corrected chi connectivity index (χ0v) is 16.6. The molecule has 1 heterocycles. The van der Waals surface area contributed by atoms with Gasteiger partial charge in [-0.25, -0.2) is 9.37 Å². The molecule has 4 nitrogen and oxygen atoms in total. The van der Waals surface area contributed by atoms with Crippen molar-refractivity contribution in [2.24, 2.45) is 0 Å². The first-order valence-electron chi connectivity index (χ1n) is 9.21. The maximum Gasteiger partial charge on any atom is 0.220 e. The van der Waals surface area contributed by atoms with E-state index in [2.05, 4.69) is 10.3 Å². The van der Waals surface area contributed by atoms with Gasteiger partial charge in [0.1, 0.15) is 5.82 Å². The fourth-order valence-electron chi connectivity index (χ4n) is 2.65. The predicted octanol–water partition coefficient (Wildman–Crippen LogP) is 4.77. The minimum Gasteiger partial charge on any atom is -0.441 e. The van der Waals surface area contributed by atoms with Gasteiger partial charge in [-0.2, -0.15) is 11.8 Å². The zero-order chi connectivity index (χ0) is 19.8. The maximum absolute atomic E-state index is 13.5. The summed E-state index contributed by atoms with van der Waals surface area (Å²) in [6.45, 7) is 2.59. The normalized spacial score (nSPS) is 10.8. The van der Waals surface area contributed by atoms with Crippen LogP contribution in [0.15, 0.2) is 59.1 Å². The molecule has 3 rings (SSSR count). The van der Waals surface area contributed by atoms with Crippen molar-refractivity contribution in [2.45, 2.75) is 25.5 Å². The van der Waals surface area contributed by atoms with E-state index in [1.807, 2.05) is 37.3 Å². The summed E-state index contributed by atoms with van der Waals surface area (Å²) in [6.07, 6.45) is 2.48. The SMILES string of the molecule is Cc1ccc(-c2cnc(CCC(=O)NCCSCc3ccccc3F)o2)cc1. The lowest BCUT2D eigenvalue weighted by Gasteiger charge is -2.05. The molecule has 0 saturated carbocycles. The second-order valence-electron chi connectivity index (χ2n) is 6.48. The Morgan fingerprint density at radius 1 is 1.18 bits per heavy atom. The number of amides is 1. The largest absolute Gasteiger partial charge is 0.441 e. The molecule has 1 N–H and O–H groups in total. The summed E-state index contributed by atoms with van der Waals surface area (Å²) in [5, 5.41) is 2.88. The van der Waals surface area contributed by atoms with E-state index in [9.17, 15) is 9.18 Å². The van der Waals surface area contributed by atoms with E-state index in [4.69, 9.17) is 4.42 Å². The number of aromatic nitrogens is 1. The molecule has 28 heavy (non-hydrogen) atoms. The summed E-state index contributed by atoms with van der Waals surface area (Å²) >= 11 is 1.59. The first-order chi connectivity index (χ1) is 13.6. The van der Waals surface area contributed by atoms with E-state index in [0.29, 0.717) is 42.4 Å². The Hall–Kier alpha value is -2.60. The Morgan fingerprint density at radius 2 is 1.96 bits per heavy atom. The van der Waals surface area contributed by atoms with Crippen LogP contribution in [0.5, 0.6) is 0 Å². The van der Waals surface area contributed by atoms with Crippen molar-refractivity contribution >= 4 is 17.7 Å². The molecule has 0 atom stereocenters. The molecule has 146 valence electrons. The van der Waals surface area contributed by atoms with E-state index in [1.54, 1.807) is 30.1 Å². The summed E-state index contributed by atoms with van der Waals surface area (Å²) < 4.78 is 19.3. The summed E-state index contributed by atoms with van der Waals surface area (Å²) in [5.74, 6) is 2.37. The van der Waals surface area contributed by atoms with Crippen molar-refractivity contribution < 1.29 is 13.6 Å². The van der Waals surface area contributed by atoms with Crippen LogP contribution in [0.3, 0.4) is 0 Å². The summed E-state index contributed by atoms with van der Waals surface area (Å²) in [6, 6.07) is 14.8. The van der Waals surface area contributed by atoms with Crippen molar-refractivity contribution in [2.75, 3.05) is 12.3 Å². The summed E-state index contributed by atoms with van der Waals surface area (Å²) in [5.41, 5.74) is 2.85. The average Bonchev–Trinajstić information content (AvgIpc) is 3.17. The van der Waals surface area contributed by atoms with Crippen molar-refractivity contribution in [1.29, 1.82) is 0 Å². The smallest absolute Gasteiger partial charge is 0.220 e. The molecule has 1 amide bonds. The van der Waals surface area contributed by atoms with Gasteiger partial charge in [0.05, 0.1) is 6.20 Å². The van der Waals surface area contributed by atoms with Crippen molar-refractivity contribution in [3.63, 3.8) is 0 Å². The van der Waals surface area contributed by atoms with Gasteiger partial charge in [0.15, 0.2) is 11.7 Å². The molecule has 0 radical (unpaired) electrons. The Balaban J connectivity index is 1.34. The third-order valence-electron chi connectivity index (χ3n) is 4.24. The number of hydrogen-bond donors (Lipinski definition) is 1. The number of halogens is 1. The highest BCUT2D eigenvalue weighted by atomic mass is 32.2. The number of oxazole rings is 1. The minimum atomic E-state index is -0.185. The molecule has 0 fully saturated rings. The number of nitrogens with zero attached hydrogens (tertiary/aromatic N) is 1. The van der Waals surface area contributed by atoms with Gasteiger partial charge in [-0.1, -0.05) is 48.0 Å². The van der Waals surface area contributed by atoms with Gasteiger partial charge in [0, 0.05) is 36.5 Å². The highest BCUT2D eigenvalue weighted by Gasteiger charge is 2.09. The topological polar surface area (TPSA) is 55.1 Å². The van der Waals surface area contributed by atoms with Crippen LogP contribution in [0.4, 0.5) is 4.39 Å². The number of hydrogen-bond acceptors (Lipinski definition) is 4. The van der Waals surface area contributed by atoms with Crippen LogP contribution in [-0.2, 0) is 17.0 Å². The molecule has 0 aliphatic heterocycles. The second-order valence-corrected chi connectivity index (χ2v) is 7.58. The molecule has 6 heteroatoms. The third kappa shape index (κ3) is 5.96. The van der Waals surface area contributed by atoms with Crippen molar-refractivity contribution in [3.05, 3.63) is 77.6 Å². The molecule has 3 aromatic rings. The number of nitrogens with one attached hydrogen (secondary N) is 1. The second kappa shape index (κ2) is 10.1. The minimum absolute atomic E-state index is 0.0402. The fraction of sp³-hybridized carbons (Fsp3) is 0.273. The van der Waals surface area contributed by atoms with Gasteiger partial charge in [-0.05, 0) is 18.6 Å². The van der Waals surface area contributed by atoms with Gasteiger partial charge >= 0.3 is 0 Å². The molecule has 0 spiro atoms. The molecule has 0 bridgehead atoms. The molecule has 0 aliphatic carbocycles. The fourth-order valence-corrected chi connectivity index (χ4v) is 3.49. The standard InChI is InChI=1S/C22H23FN2O2S/c1-16-6-8-17(9-7-16)20-14-25-22(27-20)11-10-21(26)24-12-13-28-15-18-4-2-3-5-19(18)23/h2-9,14H,10-13,15H2,1H3,(H,24,26). The number of carbonyl (C=O) groups excluding carboxylic acids is 1. The quantitative estimate of drug-likeness (QED) is 0.528.